The van der Waals surface area contributed by atoms with Crippen molar-refractivity contribution in [2.45, 2.75) is 0 Å². The molecule has 0 N–H and O–H groups in total. The van der Waals surface area contributed by atoms with Crippen molar-refractivity contribution in [1.82, 2.24) is 0 Å². The Hall–Kier alpha value is 47.5. The second kappa shape index (κ2) is 311. The van der Waals surface area contributed by atoms with E-state index in [4.69, 9.17) is 0 Å². The second-order valence-electron chi connectivity index (χ2n) is 0. The van der Waals surface area contributed by atoms with Crippen molar-refractivity contribution in [3.8, 4) is 0 Å². The molecule has 0 aromatic heterocycles. The maximum absolute atomic E-state index is 0. The Morgan fingerprint density at radius 2 is 0.0233 bits per heavy atom. The Labute approximate surface area is 1350 Å². The molecule has 43 radical (unpaired) electrons. The standard InChI is InChI=1S/43Y. The summed E-state index contributed by atoms with van der Waals surface area (Å²) in [6.45, 7) is 0. The van der Waals surface area contributed by atoms with Crippen molar-refractivity contribution >= 4 is 0 Å². The van der Waals surface area contributed by atoms with Crippen molar-refractivity contribution in [2.24, 2.45) is 0 Å². The Morgan fingerprint density at radius 3 is 0.0233 bits per heavy atom. The molecule has 0 aromatic rings. The van der Waals surface area contributed by atoms with E-state index in [0.29, 0.717) is 0 Å². The molecular weight excluding hydrogens is 3820 g/mol. The van der Waals surface area contributed by atoms with Crippen LogP contribution in [-0.4, -0.2) is 0 Å². The minimum absolute atomic E-state index is 0. The van der Waals surface area contributed by atoms with Crippen LogP contribution in [0.2, 0.25) is 0 Å². The number of hydrogen-bond donors (Lipinski definition) is 0. The van der Waals surface area contributed by atoms with Gasteiger partial charge in [0.1, 0.15) is 0 Å². The summed E-state index contributed by atoms with van der Waals surface area (Å²) < 4.78 is 0. The fourth-order valence-electron chi connectivity index (χ4n) is 0. The SMILES string of the molecule is [Y].[Y].[Y].[Y].[Y].[Y].[Y].[Y].[Y].[Y].[Y].[Y].[Y].[Y].[Y].[Y].[Y].[Y].[Y].[Y].[Y].[Y].[Y].[Y].[Y].[Y].[Y].[Y].[Y].[Y].[Y].[Y].[Y].[Y].[Y].[Y].[Y].[Y].[Y].[Y].[Y].[Y].[Y]. The van der Waals surface area contributed by atoms with Gasteiger partial charge in [0.2, 0.25) is 0 Å². The first-order chi connectivity index (χ1) is 0. The maximum atomic E-state index is 0. The van der Waals surface area contributed by atoms with E-state index in [1.54, 1.807) is 0 Å². The normalized spacial score (nSPS) is 0. The fraction of sp³-hybridized carbons (Fsp3) is 0. The molecule has 0 bridgehead atoms. The van der Waals surface area contributed by atoms with Crippen LogP contribution in [0.3, 0.4) is 0 Å². The summed E-state index contributed by atoms with van der Waals surface area (Å²) in [7, 11) is 0. The maximum Gasteiger partial charge on any atom is 0 e. The molecule has 0 nitrogen and oxygen atoms in total. The van der Waals surface area contributed by atoms with E-state index in [0.717, 1.165) is 0 Å². The third-order valence-corrected chi connectivity index (χ3v) is 0. The van der Waals surface area contributed by atoms with Gasteiger partial charge in [-0.25, -0.2) is 0 Å². The van der Waals surface area contributed by atoms with Gasteiger partial charge < -0.3 is 0 Å². The molecule has 0 amide bonds. The first-order valence-electron chi connectivity index (χ1n) is 0. The van der Waals surface area contributed by atoms with Gasteiger partial charge in [0.25, 0.3) is 0 Å². The van der Waals surface area contributed by atoms with Crippen molar-refractivity contribution in [1.29, 1.82) is 0 Å². The van der Waals surface area contributed by atoms with E-state index in [1.165, 1.54) is 0 Å². The number of rotatable bonds is 0. The molecule has 0 aromatic carbocycles. The van der Waals surface area contributed by atoms with Gasteiger partial charge in [-0.1, -0.05) is 0 Å². The van der Waals surface area contributed by atoms with Crippen LogP contribution in [0.15, 0.2) is 0 Å². The molecule has 0 fully saturated rings. The van der Waals surface area contributed by atoms with Crippen LogP contribution in [0.25, 0.3) is 0 Å². The zero-order chi connectivity index (χ0) is 0. The van der Waals surface area contributed by atoms with Gasteiger partial charge in [-0.15, -0.1) is 0 Å². The smallest absolute Gasteiger partial charge is 0 e. The molecule has 0 saturated carbocycles. The van der Waals surface area contributed by atoms with Gasteiger partial charge >= 0.3 is 0 Å². The molecule has 43 heavy (non-hydrogen) atoms. The van der Waals surface area contributed by atoms with Crippen LogP contribution < -0.4 is 0 Å². The molecular formula is Y43. The van der Waals surface area contributed by atoms with Crippen molar-refractivity contribution in [3.05, 3.63) is 0 Å². The molecule has 129 valence electrons. The first kappa shape index (κ1) is 321. The predicted octanol–water partition coefficient (Wildman–Crippen LogP) is -0.108. The molecule has 0 rings (SSSR count). The van der Waals surface area contributed by atoms with Crippen molar-refractivity contribution in [2.75, 3.05) is 0 Å². The van der Waals surface area contributed by atoms with Crippen molar-refractivity contribution in [3.63, 3.8) is 0 Å². The summed E-state index contributed by atoms with van der Waals surface area (Å²) in [6, 6.07) is 0. The van der Waals surface area contributed by atoms with Crippen molar-refractivity contribution < 1.29 is 1410 Å². The quantitative estimate of drug-likeness (QED) is 0.319. The Morgan fingerprint density at radius 1 is 0.0233 bits per heavy atom. The number of hydrogen-bond acceptors (Lipinski definition) is 0. The molecule has 0 spiro atoms. The largest absolute Gasteiger partial charge is 0 e. The summed E-state index contributed by atoms with van der Waals surface area (Å²) in [5.74, 6) is 0. The topological polar surface area (TPSA) is 0 Å². The van der Waals surface area contributed by atoms with Gasteiger partial charge in [-0.3, -0.25) is 0 Å². The minimum Gasteiger partial charge on any atom is 0 e. The van der Waals surface area contributed by atoms with E-state index < -0.39 is 0 Å². The first-order valence-corrected chi connectivity index (χ1v) is 0. The average molecular weight is 3820 g/mol. The third-order valence-electron chi connectivity index (χ3n) is 0. The van der Waals surface area contributed by atoms with Crippen LogP contribution in [-0.2, 0) is 1410 Å². The van der Waals surface area contributed by atoms with Gasteiger partial charge in [-0.05, 0) is 0 Å². The molecule has 0 aliphatic carbocycles. The van der Waals surface area contributed by atoms with Crippen LogP contribution in [0.4, 0.5) is 0 Å². The molecule has 0 aliphatic rings. The molecule has 0 unspecified atom stereocenters. The summed E-state index contributed by atoms with van der Waals surface area (Å²) in [6.07, 6.45) is 0. The summed E-state index contributed by atoms with van der Waals surface area (Å²) in [5, 5.41) is 0. The predicted molar refractivity (Wildman–Crippen MR) is 0 cm³/mol. The van der Waals surface area contributed by atoms with E-state index >= 15 is 0 Å². The van der Waals surface area contributed by atoms with Crippen LogP contribution in [0.5, 0.6) is 0 Å². The molecule has 0 aliphatic heterocycles. The van der Waals surface area contributed by atoms with Gasteiger partial charge in [0, 0.05) is 1410 Å². The Kier molecular flexibility index (Phi) is 2320. The van der Waals surface area contributed by atoms with Crippen LogP contribution in [0.1, 0.15) is 0 Å². The fourth-order valence-corrected chi connectivity index (χ4v) is 0. The molecule has 0 saturated heterocycles. The van der Waals surface area contributed by atoms with E-state index in [9.17, 15) is 0 Å². The van der Waals surface area contributed by atoms with Gasteiger partial charge in [0.05, 0.1) is 0 Å². The van der Waals surface area contributed by atoms with E-state index in [2.05, 4.69) is 0 Å². The summed E-state index contributed by atoms with van der Waals surface area (Å²) in [5.41, 5.74) is 0. The van der Waals surface area contributed by atoms with E-state index in [1.807, 2.05) is 0 Å². The average Bonchev–Trinajstić information content (AvgIpc) is 0. The molecule has 43 heteroatoms. The van der Waals surface area contributed by atoms with E-state index in [-0.39, 0.29) is 1410 Å². The minimum atomic E-state index is 0. The van der Waals surface area contributed by atoms with Crippen LogP contribution in [0, 0.1) is 0 Å². The summed E-state index contributed by atoms with van der Waals surface area (Å²) in [4.78, 5) is 0. The third kappa shape index (κ3) is 304. The Balaban J connectivity index is 0. The monoisotopic (exact) mass is 3820 g/mol. The Bertz CT molecular complexity index is 0. The summed E-state index contributed by atoms with van der Waals surface area (Å²) >= 11 is 0. The zero-order valence-corrected chi connectivity index (χ0v) is 147. The molecule has 0 atom stereocenters. The van der Waals surface area contributed by atoms with Crippen LogP contribution >= 0.6 is 0 Å². The van der Waals surface area contributed by atoms with Gasteiger partial charge in [0.15, 0.2) is 0 Å². The molecule has 0 heterocycles. The second-order valence-corrected chi connectivity index (χ2v) is 0. The zero-order valence-electron chi connectivity index (χ0n) is 24.8. The van der Waals surface area contributed by atoms with Gasteiger partial charge in [-0.2, -0.15) is 0 Å².